The van der Waals surface area contributed by atoms with Crippen LogP contribution in [-0.4, -0.2) is 29.0 Å². The highest BCUT2D eigenvalue weighted by atomic mass is 16.3. The fraction of sp³-hybridized carbons (Fsp3) is 1.00. The lowest BCUT2D eigenvalue weighted by Gasteiger charge is -2.12. The molecule has 0 saturated carbocycles. The van der Waals surface area contributed by atoms with Crippen LogP contribution in [0.15, 0.2) is 0 Å². The molecule has 8 heavy (non-hydrogen) atoms. The molecule has 0 rings (SSSR count). The SMILES string of the molecule is CC[C@H](O)[C@H](N)CO. The van der Waals surface area contributed by atoms with Crippen LogP contribution in [0.5, 0.6) is 0 Å². The van der Waals surface area contributed by atoms with Crippen LogP contribution in [0.2, 0.25) is 0 Å². The predicted molar refractivity (Wildman–Crippen MR) is 31.4 cm³/mol. The molecule has 0 unspecified atom stereocenters. The van der Waals surface area contributed by atoms with Crippen LogP contribution in [0.1, 0.15) is 13.3 Å². The zero-order chi connectivity index (χ0) is 6.57. The molecule has 0 radical (unpaired) electrons. The molecule has 0 aromatic heterocycles. The number of aliphatic hydroxyl groups excluding tert-OH is 2. The normalized spacial score (nSPS) is 18.0. The second kappa shape index (κ2) is 3.83. The molecular formula is C5H13NO2. The standard InChI is InChI=1S/C5H13NO2/c1-2-5(8)4(6)3-7/h4-5,7-8H,2-3,6H2,1H3/t4-,5+/m1/s1. The molecule has 0 aliphatic carbocycles. The van der Waals surface area contributed by atoms with E-state index in [2.05, 4.69) is 0 Å². The number of rotatable bonds is 3. The summed E-state index contributed by atoms with van der Waals surface area (Å²) in [5.41, 5.74) is 5.23. The molecule has 0 saturated heterocycles. The van der Waals surface area contributed by atoms with Gasteiger partial charge in [-0.25, -0.2) is 0 Å². The Kier molecular flexibility index (Phi) is 3.77. The Bertz CT molecular complexity index is 50.4. The number of hydrogen-bond donors (Lipinski definition) is 3. The molecule has 0 aromatic carbocycles. The molecule has 4 N–H and O–H groups in total. The summed E-state index contributed by atoms with van der Waals surface area (Å²) in [5, 5.41) is 17.2. The van der Waals surface area contributed by atoms with Crippen molar-refractivity contribution in [2.75, 3.05) is 6.61 Å². The summed E-state index contributed by atoms with van der Waals surface area (Å²) in [6.45, 7) is 1.68. The van der Waals surface area contributed by atoms with Crippen molar-refractivity contribution in [1.29, 1.82) is 0 Å². The van der Waals surface area contributed by atoms with Crippen LogP contribution in [-0.2, 0) is 0 Å². The maximum atomic E-state index is 8.84. The van der Waals surface area contributed by atoms with Gasteiger partial charge in [0.1, 0.15) is 0 Å². The van der Waals surface area contributed by atoms with E-state index in [1.807, 2.05) is 6.92 Å². The van der Waals surface area contributed by atoms with Crippen LogP contribution in [0, 0.1) is 0 Å². The van der Waals surface area contributed by atoms with Gasteiger partial charge in [0.05, 0.1) is 18.8 Å². The van der Waals surface area contributed by atoms with Gasteiger partial charge in [0.2, 0.25) is 0 Å². The van der Waals surface area contributed by atoms with Gasteiger partial charge in [0, 0.05) is 0 Å². The topological polar surface area (TPSA) is 66.5 Å². The van der Waals surface area contributed by atoms with Gasteiger partial charge in [-0.05, 0) is 6.42 Å². The lowest BCUT2D eigenvalue weighted by Crippen LogP contribution is -2.37. The van der Waals surface area contributed by atoms with Crippen LogP contribution in [0.25, 0.3) is 0 Å². The van der Waals surface area contributed by atoms with Crippen molar-refractivity contribution in [1.82, 2.24) is 0 Å². The summed E-state index contributed by atoms with van der Waals surface area (Å²) >= 11 is 0. The molecule has 50 valence electrons. The highest BCUT2D eigenvalue weighted by Crippen LogP contribution is 1.92. The molecule has 0 fully saturated rings. The molecule has 3 heteroatoms. The average Bonchev–Trinajstić information content (AvgIpc) is 1.84. The van der Waals surface area contributed by atoms with Crippen LogP contribution < -0.4 is 5.73 Å². The maximum Gasteiger partial charge on any atom is 0.0710 e. The Labute approximate surface area is 49.1 Å². The zero-order valence-electron chi connectivity index (χ0n) is 5.04. The second-order valence-electron chi connectivity index (χ2n) is 1.82. The molecule has 0 heterocycles. The van der Waals surface area contributed by atoms with Gasteiger partial charge in [-0.1, -0.05) is 6.92 Å². The molecular weight excluding hydrogens is 106 g/mol. The van der Waals surface area contributed by atoms with E-state index >= 15 is 0 Å². The van der Waals surface area contributed by atoms with E-state index < -0.39 is 12.1 Å². The molecule has 0 aliphatic rings. The van der Waals surface area contributed by atoms with Crippen molar-refractivity contribution in [2.45, 2.75) is 25.5 Å². The Morgan fingerprint density at radius 1 is 1.62 bits per heavy atom. The summed E-state index contributed by atoms with van der Waals surface area (Å²) < 4.78 is 0. The minimum absolute atomic E-state index is 0.144. The first-order chi connectivity index (χ1) is 3.72. The van der Waals surface area contributed by atoms with E-state index in [4.69, 9.17) is 15.9 Å². The smallest absolute Gasteiger partial charge is 0.0710 e. The highest BCUT2D eigenvalue weighted by Gasteiger charge is 2.09. The lowest BCUT2D eigenvalue weighted by atomic mass is 10.1. The quantitative estimate of drug-likeness (QED) is 0.450. The van der Waals surface area contributed by atoms with Crippen LogP contribution in [0.3, 0.4) is 0 Å². The minimum atomic E-state index is -0.556. The predicted octanol–water partition coefficient (Wildman–Crippen LogP) is -0.923. The van der Waals surface area contributed by atoms with E-state index in [9.17, 15) is 0 Å². The summed E-state index contributed by atoms with van der Waals surface area (Å²) in [6, 6.07) is -0.472. The van der Waals surface area contributed by atoms with Gasteiger partial charge in [0.15, 0.2) is 0 Å². The van der Waals surface area contributed by atoms with Crippen molar-refractivity contribution in [2.24, 2.45) is 5.73 Å². The van der Waals surface area contributed by atoms with Gasteiger partial charge >= 0.3 is 0 Å². The molecule has 2 atom stereocenters. The van der Waals surface area contributed by atoms with E-state index in [1.165, 1.54) is 0 Å². The van der Waals surface area contributed by atoms with Crippen molar-refractivity contribution >= 4 is 0 Å². The average molecular weight is 119 g/mol. The molecule has 0 spiro atoms. The lowest BCUT2D eigenvalue weighted by molar-refractivity contribution is 0.106. The minimum Gasteiger partial charge on any atom is -0.395 e. The third kappa shape index (κ3) is 2.26. The Hall–Kier alpha value is -0.120. The summed E-state index contributed by atoms with van der Waals surface area (Å²) in [5.74, 6) is 0. The highest BCUT2D eigenvalue weighted by molar-refractivity contribution is 4.67. The van der Waals surface area contributed by atoms with Crippen LogP contribution >= 0.6 is 0 Å². The fourth-order valence-corrected chi connectivity index (χ4v) is 0.424. The summed E-state index contributed by atoms with van der Waals surface area (Å²) in [4.78, 5) is 0. The summed E-state index contributed by atoms with van der Waals surface area (Å²) in [6.07, 6.45) is 0.0434. The first-order valence-corrected chi connectivity index (χ1v) is 2.76. The van der Waals surface area contributed by atoms with Crippen molar-refractivity contribution in [3.05, 3.63) is 0 Å². The van der Waals surface area contributed by atoms with Crippen molar-refractivity contribution in [3.8, 4) is 0 Å². The molecule has 0 aromatic rings. The van der Waals surface area contributed by atoms with Gasteiger partial charge in [-0.3, -0.25) is 0 Å². The Morgan fingerprint density at radius 3 is 2.25 bits per heavy atom. The fourth-order valence-electron chi connectivity index (χ4n) is 0.424. The number of aliphatic hydroxyl groups is 2. The monoisotopic (exact) mass is 119 g/mol. The van der Waals surface area contributed by atoms with Crippen molar-refractivity contribution < 1.29 is 10.2 Å². The Balaban J connectivity index is 3.29. The molecule has 3 nitrogen and oxygen atoms in total. The number of hydrogen-bond acceptors (Lipinski definition) is 3. The van der Waals surface area contributed by atoms with E-state index in [0.29, 0.717) is 6.42 Å². The van der Waals surface area contributed by atoms with E-state index in [0.717, 1.165) is 0 Å². The summed E-state index contributed by atoms with van der Waals surface area (Å²) in [7, 11) is 0. The molecule has 0 bridgehead atoms. The van der Waals surface area contributed by atoms with Crippen LogP contribution in [0.4, 0.5) is 0 Å². The van der Waals surface area contributed by atoms with E-state index in [1.54, 1.807) is 0 Å². The largest absolute Gasteiger partial charge is 0.395 e. The second-order valence-corrected chi connectivity index (χ2v) is 1.82. The van der Waals surface area contributed by atoms with Crippen molar-refractivity contribution in [3.63, 3.8) is 0 Å². The maximum absolute atomic E-state index is 8.84. The first kappa shape index (κ1) is 7.88. The number of nitrogens with two attached hydrogens (primary N) is 1. The van der Waals surface area contributed by atoms with E-state index in [-0.39, 0.29) is 6.61 Å². The first-order valence-electron chi connectivity index (χ1n) is 2.76. The van der Waals surface area contributed by atoms with Gasteiger partial charge < -0.3 is 15.9 Å². The third-order valence-corrected chi connectivity index (χ3v) is 1.12. The third-order valence-electron chi connectivity index (χ3n) is 1.12. The van der Waals surface area contributed by atoms with Gasteiger partial charge in [0.25, 0.3) is 0 Å². The van der Waals surface area contributed by atoms with Gasteiger partial charge in [-0.2, -0.15) is 0 Å². The zero-order valence-corrected chi connectivity index (χ0v) is 5.04. The van der Waals surface area contributed by atoms with Gasteiger partial charge in [-0.15, -0.1) is 0 Å². The Morgan fingerprint density at radius 2 is 2.12 bits per heavy atom. The molecule has 0 amide bonds. The molecule has 0 aliphatic heterocycles.